The number of carbonyl (C=O) groups is 2. The zero-order valence-electron chi connectivity index (χ0n) is 9.76. The summed E-state index contributed by atoms with van der Waals surface area (Å²) in [4.78, 5) is 22.8. The molecule has 0 aromatic carbocycles. The first-order valence-electron chi connectivity index (χ1n) is 5.42. The first kappa shape index (κ1) is 12.5. The molecule has 2 radical (unpaired) electrons. The molecule has 2 aliphatic rings. The molecular weight excluding hydrogens is 240 g/mol. The van der Waals surface area contributed by atoms with E-state index in [1.807, 2.05) is 6.08 Å². The minimum atomic E-state index is -0.387. The molecule has 2 unspecified atom stereocenters. The van der Waals surface area contributed by atoms with Gasteiger partial charge in [0.25, 0.3) is 0 Å². The lowest BCUT2D eigenvalue weighted by atomic mass is 9.85. The molecule has 0 bridgehead atoms. The summed E-state index contributed by atoms with van der Waals surface area (Å²) < 4.78 is 14.9. The van der Waals surface area contributed by atoms with Gasteiger partial charge in [0.05, 0.1) is 11.8 Å². The van der Waals surface area contributed by atoms with Gasteiger partial charge >= 0.3 is 11.9 Å². The number of fused-ring (bicyclic) bond motifs is 1. The van der Waals surface area contributed by atoms with Gasteiger partial charge in [0, 0.05) is 14.2 Å². The van der Waals surface area contributed by atoms with Crippen LogP contribution in [0.15, 0.2) is 11.3 Å². The van der Waals surface area contributed by atoms with Crippen LogP contribution >= 0.6 is 0 Å². The molecule has 1 fully saturated rings. The second kappa shape index (κ2) is 5.12. The highest BCUT2D eigenvalue weighted by atomic mass is 28.2. The quantitative estimate of drug-likeness (QED) is 0.312. The maximum absolute atomic E-state index is 11.5. The van der Waals surface area contributed by atoms with Gasteiger partial charge in [0.1, 0.15) is 5.91 Å². The van der Waals surface area contributed by atoms with Gasteiger partial charge in [-0.15, -0.1) is 0 Å². The predicted molar refractivity (Wildman–Crippen MR) is 59.0 cm³/mol. The van der Waals surface area contributed by atoms with Gasteiger partial charge in [-0.2, -0.15) is 0 Å². The molecule has 0 spiro atoms. The Kier molecular flexibility index (Phi) is 3.75. The molecule has 17 heavy (non-hydrogen) atoms. The number of carbonyl (C=O) groups excluding carboxylic acids is 2. The van der Waals surface area contributed by atoms with Crippen molar-refractivity contribution in [3.05, 3.63) is 11.3 Å². The molecule has 0 amide bonds. The molecule has 1 saturated heterocycles. The van der Waals surface area contributed by atoms with Crippen molar-refractivity contribution >= 4 is 21.5 Å². The molecule has 1 aliphatic carbocycles. The van der Waals surface area contributed by atoms with Crippen LogP contribution in [0.25, 0.3) is 0 Å². The molecular formula is C11H14O5Si. The summed E-state index contributed by atoms with van der Waals surface area (Å²) >= 11 is 0. The largest absolute Gasteiger partial charge is 0.393 e. The molecule has 1 heterocycles. The number of rotatable bonds is 4. The van der Waals surface area contributed by atoms with E-state index >= 15 is 0 Å². The Labute approximate surface area is 102 Å². The van der Waals surface area contributed by atoms with Crippen molar-refractivity contribution < 1.29 is 23.8 Å². The second-order valence-corrected chi connectivity index (χ2v) is 5.47. The average Bonchev–Trinajstić information content (AvgIpc) is 2.62. The maximum Gasteiger partial charge on any atom is 0.317 e. The van der Waals surface area contributed by atoms with Crippen LogP contribution in [0.2, 0.25) is 0 Å². The lowest BCUT2D eigenvalue weighted by molar-refractivity contribution is -0.153. The van der Waals surface area contributed by atoms with Crippen molar-refractivity contribution in [2.45, 2.75) is 18.8 Å². The first-order chi connectivity index (χ1) is 8.15. The molecule has 2 rings (SSSR count). The van der Waals surface area contributed by atoms with Gasteiger partial charge < -0.3 is 14.2 Å². The zero-order valence-corrected chi connectivity index (χ0v) is 10.8. The van der Waals surface area contributed by atoms with Crippen LogP contribution in [0.3, 0.4) is 0 Å². The molecule has 0 aromatic rings. The summed E-state index contributed by atoms with van der Waals surface area (Å²) in [6.45, 7) is 0. The summed E-state index contributed by atoms with van der Waals surface area (Å²) in [6, 6.07) is 0. The predicted octanol–water partition coefficient (Wildman–Crippen LogP) is 0.260. The Bertz CT molecular complexity index is 361. The Morgan fingerprint density at radius 2 is 1.94 bits per heavy atom. The summed E-state index contributed by atoms with van der Waals surface area (Å²) in [7, 11) is 3.53. The number of hydrogen-bond acceptors (Lipinski definition) is 5. The van der Waals surface area contributed by atoms with Gasteiger partial charge in [-0.1, -0.05) is 11.3 Å². The summed E-state index contributed by atoms with van der Waals surface area (Å²) in [5, 5.41) is 1.12. The fourth-order valence-electron chi connectivity index (χ4n) is 2.14. The number of hydrogen-bond donors (Lipinski definition) is 0. The van der Waals surface area contributed by atoms with E-state index in [9.17, 15) is 9.59 Å². The topological polar surface area (TPSA) is 61.8 Å². The fraction of sp³-hybridized carbons (Fsp3) is 0.636. The third-order valence-electron chi connectivity index (χ3n) is 3.08. The van der Waals surface area contributed by atoms with Crippen LogP contribution in [0.5, 0.6) is 0 Å². The minimum absolute atomic E-state index is 0.272. The van der Waals surface area contributed by atoms with Gasteiger partial charge in [-0.05, 0) is 12.8 Å². The van der Waals surface area contributed by atoms with Gasteiger partial charge in [-0.25, -0.2) is 0 Å². The third-order valence-corrected chi connectivity index (χ3v) is 4.57. The lowest BCUT2D eigenvalue weighted by Crippen LogP contribution is -2.29. The van der Waals surface area contributed by atoms with Crippen LogP contribution < -0.4 is 0 Å². The molecule has 5 nitrogen and oxygen atoms in total. The van der Waals surface area contributed by atoms with Gasteiger partial charge in [0.2, 0.25) is 0 Å². The normalized spacial score (nSPS) is 28.1. The molecule has 2 atom stereocenters. The summed E-state index contributed by atoms with van der Waals surface area (Å²) in [5.41, 5.74) is 0. The highest BCUT2D eigenvalue weighted by molar-refractivity contribution is 6.46. The minimum Gasteiger partial charge on any atom is -0.393 e. The fourth-order valence-corrected chi connectivity index (χ4v) is 3.25. The highest BCUT2D eigenvalue weighted by Crippen LogP contribution is 2.36. The van der Waals surface area contributed by atoms with E-state index in [1.165, 1.54) is 0 Å². The van der Waals surface area contributed by atoms with Crippen molar-refractivity contribution in [1.82, 2.24) is 0 Å². The molecule has 1 aliphatic heterocycles. The van der Waals surface area contributed by atoms with E-state index in [1.54, 1.807) is 14.2 Å². The third kappa shape index (κ3) is 2.48. The van der Waals surface area contributed by atoms with Gasteiger partial charge in [-0.3, -0.25) is 9.59 Å². The number of allylic oxidation sites excluding steroid dienone is 2. The maximum atomic E-state index is 11.5. The molecule has 92 valence electrons. The smallest absolute Gasteiger partial charge is 0.317 e. The van der Waals surface area contributed by atoms with E-state index in [4.69, 9.17) is 9.47 Å². The number of methoxy groups -OCH3 is 2. The average molecular weight is 254 g/mol. The molecule has 0 aromatic heterocycles. The lowest BCUT2D eigenvalue weighted by Gasteiger charge is -2.22. The highest BCUT2D eigenvalue weighted by Gasteiger charge is 2.45. The van der Waals surface area contributed by atoms with Crippen LogP contribution in [0.4, 0.5) is 0 Å². The molecule has 0 N–H and O–H groups in total. The van der Waals surface area contributed by atoms with Crippen LogP contribution in [-0.4, -0.2) is 41.6 Å². The van der Waals surface area contributed by atoms with Crippen molar-refractivity contribution in [3.8, 4) is 0 Å². The summed E-state index contributed by atoms with van der Waals surface area (Å²) in [6.07, 6.45) is 3.17. The Balaban J connectivity index is 2.02. The summed E-state index contributed by atoms with van der Waals surface area (Å²) in [5.74, 6) is -1.62. The zero-order chi connectivity index (χ0) is 12.4. The number of esters is 2. The Hall–Kier alpha value is -0.983. The van der Waals surface area contributed by atoms with Crippen LogP contribution in [0.1, 0.15) is 12.8 Å². The Morgan fingerprint density at radius 1 is 1.29 bits per heavy atom. The molecule has 0 saturated carbocycles. The van der Waals surface area contributed by atoms with E-state index in [0.717, 1.165) is 5.20 Å². The Morgan fingerprint density at radius 3 is 2.59 bits per heavy atom. The van der Waals surface area contributed by atoms with Crippen molar-refractivity contribution in [2.24, 2.45) is 11.8 Å². The first-order valence-corrected chi connectivity index (χ1v) is 6.50. The van der Waals surface area contributed by atoms with Crippen molar-refractivity contribution in [3.63, 3.8) is 0 Å². The molecule has 6 heteroatoms. The van der Waals surface area contributed by atoms with Gasteiger partial charge in [0.15, 0.2) is 9.52 Å². The SMILES string of the molecule is COC(OC)[Si]C1=CCC2C(=O)OC(=O)C2C1. The number of ether oxygens (including phenoxy) is 3. The van der Waals surface area contributed by atoms with E-state index < -0.39 is 0 Å². The van der Waals surface area contributed by atoms with E-state index in [0.29, 0.717) is 22.4 Å². The number of cyclic esters (lactones) is 2. The van der Waals surface area contributed by atoms with Crippen LogP contribution in [0, 0.1) is 11.8 Å². The van der Waals surface area contributed by atoms with Crippen molar-refractivity contribution in [2.75, 3.05) is 14.2 Å². The standard InChI is InChI=1S/C11H14O5Si/c1-14-11(15-2)17-6-3-4-7-8(5-6)10(13)16-9(7)12/h3,7-8,11H,4-5H2,1-2H3. The van der Waals surface area contributed by atoms with Crippen LogP contribution in [-0.2, 0) is 23.8 Å². The monoisotopic (exact) mass is 254 g/mol. The van der Waals surface area contributed by atoms with E-state index in [-0.39, 0.29) is 29.7 Å². The van der Waals surface area contributed by atoms with E-state index in [2.05, 4.69) is 4.74 Å². The second-order valence-electron chi connectivity index (χ2n) is 4.07. The van der Waals surface area contributed by atoms with Crippen molar-refractivity contribution in [1.29, 1.82) is 0 Å².